The molecule has 0 bridgehead atoms. The molecule has 5 nitrogen and oxygen atoms in total. The van der Waals surface area contributed by atoms with E-state index in [4.69, 9.17) is 4.74 Å². The van der Waals surface area contributed by atoms with Gasteiger partial charge in [0.15, 0.2) is 0 Å². The van der Waals surface area contributed by atoms with Gasteiger partial charge in [-0.15, -0.1) is 0 Å². The monoisotopic (exact) mass is 388 g/mol. The van der Waals surface area contributed by atoms with E-state index >= 15 is 0 Å². The average Bonchev–Trinajstić information content (AvgIpc) is 2.73. The Morgan fingerprint density at radius 2 is 1.38 bits per heavy atom. The second-order valence-corrected chi connectivity index (χ2v) is 6.91. The maximum absolute atomic E-state index is 12.5. The number of benzene rings is 3. The summed E-state index contributed by atoms with van der Waals surface area (Å²) in [6.07, 6.45) is 0.147. The molecule has 2 amide bonds. The van der Waals surface area contributed by atoms with Crippen molar-refractivity contribution >= 4 is 23.2 Å². The lowest BCUT2D eigenvalue weighted by atomic mass is 10.1. The smallest absolute Gasteiger partial charge is 0.255 e. The predicted octanol–water partition coefficient (Wildman–Crippen LogP) is 5.12. The van der Waals surface area contributed by atoms with E-state index < -0.39 is 0 Å². The quantitative estimate of drug-likeness (QED) is 0.591. The van der Waals surface area contributed by atoms with E-state index in [-0.39, 0.29) is 17.9 Å². The Balaban J connectivity index is 1.60. The van der Waals surface area contributed by atoms with Gasteiger partial charge in [-0.1, -0.05) is 30.3 Å². The Morgan fingerprint density at radius 1 is 0.759 bits per heavy atom. The number of anilines is 2. The van der Waals surface area contributed by atoms with Crippen molar-refractivity contribution in [3.8, 4) is 0 Å². The fourth-order valence-corrected chi connectivity index (χ4v) is 2.70. The highest BCUT2D eigenvalue weighted by Gasteiger charge is 2.09. The van der Waals surface area contributed by atoms with E-state index in [1.165, 1.54) is 0 Å². The summed E-state index contributed by atoms with van der Waals surface area (Å²) in [5.74, 6) is -0.406. The van der Waals surface area contributed by atoms with Crippen LogP contribution in [0.3, 0.4) is 0 Å². The molecule has 0 aliphatic carbocycles. The number of rotatable bonds is 7. The highest BCUT2D eigenvalue weighted by atomic mass is 16.5. The van der Waals surface area contributed by atoms with E-state index in [9.17, 15) is 9.59 Å². The lowest BCUT2D eigenvalue weighted by Gasteiger charge is -2.10. The zero-order valence-electron chi connectivity index (χ0n) is 16.5. The maximum atomic E-state index is 12.5. The molecule has 0 spiro atoms. The molecule has 0 heterocycles. The van der Waals surface area contributed by atoms with Crippen LogP contribution in [0.4, 0.5) is 11.4 Å². The number of carbonyl (C=O) groups is 2. The number of ether oxygens (including phenoxy) is 1. The SMILES string of the molecule is CC(C)OCc1cccc(NC(=O)c2ccc(NC(=O)c3ccccc3)cc2)c1. The fraction of sp³-hybridized carbons (Fsp3) is 0.167. The molecule has 3 aromatic carbocycles. The number of hydrogen-bond donors (Lipinski definition) is 2. The van der Waals surface area contributed by atoms with Crippen LogP contribution in [0.5, 0.6) is 0 Å². The largest absolute Gasteiger partial charge is 0.374 e. The Hall–Kier alpha value is -3.44. The maximum Gasteiger partial charge on any atom is 0.255 e. The molecule has 0 radical (unpaired) electrons. The molecule has 3 rings (SSSR count). The zero-order chi connectivity index (χ0) is 20.6. The summed E-state index contributed by atoms with van der Waals surface area (Å²) >= 11 is 0. The number of amides is 2. The average molecular weight is 388 g/mol. The minimum absolute atomic E-state index is 0.147. The molecule has 5 heteroatoms. The molecule has 0 aliphatic heterocycles. The Morgan fingerprint density at radius 3 is 2.03 bits per heavy atom. The first-order chi connectivity index (χ1) is 14.0. The molecule has 0 unspecified atom stereocenters. The minimum atomic E-state index is -0.215. The van der Waals surface area contributed by atoms with Crippen LogP contribution < -0.4 is 10.6 Å². The van der Waals surface area contributed by atoms with Gasteiger partial charge < -0.3 is 15.4 Å². The zero-order valence-corrected chi connectivity index (χ0v) is 16.5. The third-order valence-electron chi connectivity index (χ3n) is 4.21. The first kappa shape index (κ1) is 20.3. The lowest BCUT2D eigenvalue weighted by molar-refractivity contribution is 0.0657. The summed E-state index contributed by atoms with van der Waals surface area (Å²) in [5.41, 5.74) is 3.42. The minimum Gasteiger partial charge on any atom is -0.374 e. The van der Waals surface area contributed by atoms with Gasteiger partial charge in [0.25, 0.3) is 11.8 Å². The van der Waals surface area contributed by atoms with E-state index in [0.717, 1.165) is 5.56 Å². The molecular formula is C24H24N2O3. The van der Waals surface area contributed by atoms with Crippen LogP contribution >= 0.6 is 0 Å². The van der Waals surface area contributed by atoms with Crippen molar-refractivity contribution in [2.75, 3.05) is 10.6 Å². The van der Waals surface area contributed by atoms with Gasteiger partial charge in [-0.2, -0.15) is 0 Å². The van der Waals surface area contributed by atoms with Crippen LogP contribution in [-0.4, -0.2) is 17.9 Å². The van der Waals surface area contributed by atoms with Crippen LogP contribution in [-0.2, 0) is 11.3 Å². The van der Waals surface area contributed by atoms with Crippen LogP contribution in [0, 0.1) is 0 Å². The first-order valence-electron chi connectivity index (χ1n) is 9.49. The molecule has 0 atom stereocenters. The van der Waals surface area contributed by atoms with Crippen molar-refractivity contribution < 1.29 is 14.3 Å². The second-order valence-electron chi connectivity index (χ2n) is 6.91. The van der Waals surface area contributed by atoms with Gasteiger partial charge in [-0.05, 0) is 67.9 Å². The highest BCUT2D eigenvalue weighted by molar-refractivity contribution is 6.06. The molecule has 0 saturated heterocycles. The van der Waals surface area contributed by atoms with E-state index in [1.54, 1.807) is 36.4 Å². The molecular weight excluding hydrogens is 364 g/mol. The molecule has 0 fully saturated rings. The third-order valence-corrected chi connectivity index (χ3v) is 4.21. The van der Waals surface area contributed by atoms with Crippen LogP contribution in [0.2, 0.25) is 0 Å². The summed E-state index contributed by atoms with van der Waals surface area (Å²) in [6.45, 7) is 4.46. The van der Waals surface area contributed by atoms with Gasteiger partial charge >= 0.3 is 0 Å². The third kappa shape index (κ3) is 6.02. The summed E-state index contributed by atoms with van der Waals surface area (Å²) in [7, 11) is 0. The molecule has 0 saturated carbocycles. The molecule has 29 heavy (non-hydrogen) atoms. The summed E-state index contributed by atoms with van der Waals surface area (Å²) in [6, 6.07) is 23.3. The van der Waals surface area contributed by atoms with Gasteiger partial charge in [-0.25, -0.2) is 0 Å². The molecule has 2 N–H and O–H groups in total. The Labute approximate surface area is 170 Å². The number of nitrogens with one attached hydrogen (secondary N) is 2. The fourth-order valence-electron chi connectivity index (χ4n) is 2.70. The Bertz CT molecular complexity index is 967. The molecule has 0 aliphatic rings. The van der Waals surface area contributed by atoms with E-state index in [0.29, 0.717) is 29.1 Å². The van der Waals surface area contributed by atoms with Crippen LogP contribution in [0.25, 0.3) is 0 Å². The Kier molecular flexibility index (Phi) is 6.76. The van der Waals surface area contributed by atoms with E-state index in [2.05, 4.69) is 10.6 Å². The van der Waals surface area contributed by atoms with Gasteiger partial charge in [-0.3, -0.25) is 9.59 Å². The molecule has 148 valence electrons. The standard InChI is InChI=1S/C24H24N2O3/c1-17(2)29-16-18-7-6-10-22(15-18)26-24(28)20-11-13-21(14-12-20)25-23(27)19-8-4-3-5-9-19/h3-15,17H,16H2,1-2H3,(H,25,27)(H,26,28). The van der Waals surface area contributed by atoms with Crippen LogP contribution in [0.1, 0.15) is 40.1 Å². The van der Waals surface area contributed by atoms with Gasteiger partial charge in [0, 0.05) is 22.5 Å². The van der Waals surface area contributed by atoms with Crippen molar-refractivity contribution in [2.45, 2.75) is 26.6 Å². The van der Waals surface area contributed by atoms with Crippen molar-refractivity contribution in [3.05, 3.63) is 95.6 Å². The summed E-state index contributed by atoms with van der Waals surface area (Å²) in [5, 5.41) is 5.71. The first-order valence-corrected chi connectivity index (χ1v) is 9.49. The van der Waals surface area contributed by atoms with Crippen LogP contribution in [0.15, 0.2) is 78.9 Å². The van der Waals surface area contributed by atoms with Gasteiger partial charge in [0.05, 0.1) is 12.7 Å². The van der Waals surface area contributed by atoms with Gasteiger partial charge in [0.1, 0.15) is 0 Å². The van der Waals surface area contributed by atoms with Crippen molar-refractivity contribution in [3.63, 3.8) is 0 Å². The number of hydrogen-bond acceptors (Lipinski definition) is 3. The molecule has 0 aromatic heterocycles. The molecule has 3 aromatic rings. The summed E-state index contributed by atoms with van der Waals surface area (Å²) in [4.78, 5) is 24.7. The number of carbonyl (C=O) groups excluding carboxylic acids is 2. The van der Waals surface area contributed by atoms with Gasteiger partial charge in [0.2, 0.25) is 0 Å². The second kappa shape index (κ2) is 9.66. The lowest BCUT2D eigenvalue weighted by Crippen LogP contribution is -2.14. The van der Waals surface area contributed by atoms with Crippen molar-refractivity contribution in [2.24, 2.45) is 0 Å². The van der Waals surface area contributed by atoms with Crippen molar-refractivity contribution in [1.82, 2.24) is 0 Å². The highest BCUT2D eigenvalue weighted by Crippen LogP contribution is 2.16. The van der Waals surface area contributed by atoms with E-state index in [1.807, 2.05) is 56.3 Å². The van der Waals surface area contributed by atoms with Crippen molar-refractivity contribution in [1.29, 1.82) is 0 Å². The normalized spacial score (nSPS) is 10.6. The predicted molar refractivity (Wildman–Crippen MR) is 115 cm³/mol. The summed E-state index contributed by atoms with van der Waals surface area (Å²) < 4.78 is 5.60. The topological polar surface area (TPSA) is 67.4 Å².